The van der Waals surface area contributed by atoms with E-state index < -0.39 is 12.1 Å². The van der Waals surface area contributed by atoms with Gasteiger partial charge >= 0.3 is 0 Å². The molecule has 0 aromatic rings. The summed E-state index contributed by atoms with van der Waals surface area (Å²) < 4.78 is 22.7. The van der Waals surface area contributed by atoms with E-state index in [4.69, 9.17) is 30.4 Å². The van der Waals surface area contributed by atoms with Crippen LogP contribution < -0.4 is 11.5 Å². The van der Waals surface area contributed by atoms with Gasteiger partial charge in [-0.1, -0.05) is 40.5 Å². The molecule has 0 aromatic heterocycles. The van der Waals surface area contributed by atoms with E-state index in [-0.39, 0.29) is 23.7 Å². The number of hydrogen-bond donors (Lipinski definition) is 2. The molecule has 200 valence electrons. The third-order valence-electron chi connectivity index (χ3n) is 6.47. The molecule has 4 N–H and O–H groups in total. The zero-order valence-electron chi connectivity index (χ0n) is 21.7. The molecule has 1 saturated heterocycles. The summed E-state index contributed by atoms with van der Waals surface area (Å²) in [7, 11) is 0. The molecule has 10 heteroatoms. The summed E-state index contributed by atoms with van der Waals surface area (Å²) in [4.78, 5) is 29.1. The molecule has 4 atom stereocenters. The number of ether oxygens (including phenoxy) is 4. The second-order valence-electron chi connectivity index (χ2n) is 8.92. The zero-order chi connectivity index (χ0) is 25.3. The monoisotopic (exact) mass is 488 g/mol. The van der Waals surface area contributed by atoms with Crippen molar-refractivity contribution in [2.75, 3.05) is 79.0 Å². The van der Waals surface area contributed by atoms with Crippen molar-refractivity contribution >= 4 is 11.8 Å². The smallest absolute Gasteiger partial charge is 0.239 e. The molecule has 0 spiro atoms. The van der Waals surface area contributed by atoms with Gasteiger partial charge in [0.15, 0.2) is 0 Å². The van der Waals surface area contributed by atoms with Crippen LogP contribution in [-0.2, 0) is 28.5 Å². The van der Waals surface area contributed by atoms with Crippen LogP contribution in [0.25, 0.3) is 0 Å². The van der Waals surface area contributed by atoms with Crippen molar-refractivity contribution in [3.05, 3.63) is 0 Å². The maximum absolute atomic E-state index is 12.8. The number of nitrogens with zero attached hydrogens (tertiary/aromatic N) is 2. The van der Waals surface area contributed by atoms with Crippen molar-refractivity contribution in [3.8, 4) is 0 Å². The number of amides is 2. The van der Waals surface area contributed by atoms with E-state index in [9.17, 15) is 9.59 Å². The van der Waals surface area contributed by atoms with Gasteiger partial charge in [0.25, 0.3) is 0 Å². The maximum atomic E-state index is 12.8. The Morgan fingerprint density at radius 1 is 0.618 bits per heavy atom. The largest absolute Gasteiger partial charge is 0.377 e. The first kappa shape index (κ1) is 30.7. The lowest BCUT2D eigenvalue weighted by atomic mass is 9.99. The van der Waals surface area contributed by atoms with Crippen molar-refractivity contribution in [3.63, 3.8) is 0 Å². The molecule has 0 aliphatic carbocycles. The molecule has 1 fully saturated rings. The Morgan fingerprint density at radius 2 is 0.882 bits per heavy atom. The second-order valence-corrected chi connectivity index (χ2v) is 8.92. The van der Waals surface area contributed by atoms with E-state index >= 15 is 0 Å². The van der Waals surface area contributed by atoms with E-state index in [2.05, 4.69) is 0 Å². The first-order valence-electron chi connectivity index (χ1n) is 12.7. The minimum atomic E-state index is -0.534. The SMILES string of the molecule is CC[C@H](C)[C@H](N)C(=O)N1CCOCCOCCN(C(=O)[C@@H](N)[C@@H](C)CC)CCOCCOCC1. The fourth-order valence-corrected chi connectivity index (χ4v) is 3.42. The lowest BCUT2D eigenvalue weighted by Crippen LogP contribution is -2.49. The topological polar surface area (TPSA) is 130 Å². The van der Waals surface area contributed by atoms with E-state index in [0.717, 1.165) is 12.8 Å². The minimum absolute atomic E-state index is 0.0798. The minimum Gasteiger partial charge on any atom is -0.377 e. The molecular weight excluding hydrogens is 440 g/mol. The maximum Gasteiger partial charge on any atom is 0.239 e. The van der Waals surface area contributed by atoms with Gasteiger partial charge in [0.05, 0.1) is 64.9 Å². The van der Waals surface area contributed by atoms with Crippen LogP contribution in [-0.4, -0.2) is 113 Å². The highest BCUT2D eigenvalue weighted by molar-refractivity contribution is 5.82. The van der Waals surface area contributed by atoms with Crippen LogP contribution in [0.15, 0.2) is 0 Å². The number of carbonyl (C=O) groups is 2. The average molecular weight is 489 g/mol. The van der Waals surface area contributed by atoms with Gasteiger partial charge in [-0.2, -0.15) is 0 Å². The van der Waals surface area contributed by atoms with Crippen LogP contribution in [0.1, 0.15) is 40.5 Å². The molecule has 1 aliphatic heterocycles. The summed E-state index contributed by atoms with van der Waals surface area (Å²) in [6, 6.07) is -1.07. The van der Waals surface area contributed by atoms with Crippen LogP contribution in [0.5, 0.6) is 0 Å². The van der Waals surface area contributed by atoms with Gasteiger partial charge in [-0.15, -0.1) is 0 Å². The van der Waals surface area contributed by atoms with Crippen LogP contribution in [0.3, 0.4) is 0 Å². The Kier molecular flexibility index (Phi) is 16.3. The summed E-state index contributed by atoms with van der Waals surface area (Å²) in [6.45, 7) is 13.0. The van der Waals surface area contributed by atoms with Crippen LogP contribution in [0.4, 0.5) is 0 Å². The first-order valence-corrected chi connectivity index (χ1v) is 12.7. The predicted octanol–water partition coefficient (Wildman–Crippen LogP) is 0.470. The van der Waals surface area contributed by atoms with Gasteiger partial charge in [-0.3, -0.25) is 9.59 Å². The Hall–Kier alpha value is -1.30. The quantitative estimate of drug-likeness (QED) is 0.552. The molecule has 34 heavy (non-hydrogen) atoms. The lowest BCUT2D eigenvalue weighted by molar-refractivity contribution is -0.137. The van der Waals surface area contributed by atoms with Crippen LogP contribution in [0.2, 0.25) is 0 Å². The molecule has 1 rings (SSSR count). The Balaban J connectivity index is 2.61. The van der Waals surface area contributed by atoms with Gasteiger partial charge in [0.2, 0.25) is 11.8 Å². The highest BCUT2D eigenvalue weighted by atomic mass is 16.5. The molecule has 0 aromatic carbocycles. The number of nitrogens with two attached hydrogens (primary N) is 2. The van der Waals surface area contributed by atoms with Gasteiger partial charge in [0, 0.05) is 26.2 Å². The van der Waals surface area contributed by atoms with E-state index in [1.807, 2.05) is 27.7 Å². The number of hydrogen-bond acceptors (Lipinski definition) is 8. The predicted molar refractivity (Wildman–Crippen MR) is 131 cm³/mol. The van der Waals surface area contributed by atoms with Crippen molar-refractivity contribution < 1.29 is 28.5 Å². The van der Waals surface area contributed by atoms with E-state index in [1.54, 1.807) is 9.80 Å². The zero-order valence-corrected chi connectivity index (χ0v) is 21.7. The van der Waals surface area contributed by atoms with Gasteiger partial charge in [-0.25, -0.2) is 0 Å². The van der Waals surface area contributed by atoms with Crippen molar-refractivity contribution in [2.24, 2.45) is 23.3 Å². The summed E-state index contributed by atoms with van der Waals surface area (Å²) in [6.07, 6.45) is 1.68. The lowest BCUT2D eigenvalue weighted by Gasteiger charge is -2.28. The molecule has 0 bridgehead atoms. The van der Waals surface area contributed by atoms with Gasteiger partial charge in [0.1, 0.15) is 0 Å². The average Bonchev–Trinajstić information content (AvgIpc) is 2.85. The molecule has 10 nitrogen and oxygen atoms in total. The normalized spacial score (nSPS) is 22.2. The van der Waals surface area contributed by atoms with Crippen molar-refractivity contribution in [1.82, 2.24) is 9.80 Å². The van der Waals surface area contributed by atoms with Crippen molar-refractivity contribution in [2.45, 2.75) is 52.6 Å². The molecule has 0 unspecified atom stereocenters. The molecule has 2 amide bonds. The fourth-order valence-electron chi connectivity index (χ4n) is 3.42. The third kappa shape index (κ3) is 11.4. The van der Waals surface area contributed by atoms with Gasteiger partial charge in [-0.05, 0) is 11.8 Å². The highest BCUT2D eigenvalue weighted by Gasteiger charge is 2.26. The molecule has 1 aliphatic rings. The molecular formula is C24H48N4O6. The van der Waals surface area contributed by atoms with E-state index in [1.165, 1.54) is 0 Å². The number of rotatable bonds is 6. The summed E-state index contributed by atoms with van der Waals surface area (Å²) in [5.74, 6) is 0.0540. The summed E-state index contributed by atoms with van der Waals surface area (Å²) in [5, 5.41) is 0. The summed E-state index contributed by atoms with van der Waals surface area (Å²) >= 11 is 0. The highest BCUT2D eigenvalue weighted by Crippen LogP contribution is 2.10. The standard InChI is InChI=1S/C24H48N4O6/c1-5-19(3)21(25)23(29)27-7-11-31-15-17-33-13-9-28(24(30)22(26)20(4)6-2)10-14-34-18-16-32-12-8-27/h19-22H,5-18,25-26H2,1-4H3/t19-,20-,21-,22-/m0/s1. The fraction of sp³-hybridized carbons (Fsp3) is 0.917. The summed E-state index contributed by atoms with van der Waals surface area (Å²) in [5.41, 5.74) is 12.3. The molecule has 0 saturated carbocycles. The molecule has 1 heterocycles. The number of carbonyl (C=O) groups excluding carboxylic acids is 2. The second kappa shape index (κ2) is 18.0. The Bertz CT molecular complexity index is 500. The first-order chi connectivity index (χ1) is 16.3. The van der Waals surface area contributed by atoms with Crippen LogP contribution in [0, 0.1) is 11.8 Å². The Morgan fingerprint density at radius 3 is 1.12 bits per heavy atom. The Labute approximate surface area is 205 Å². The van der Waals surface area contributed by atoms with Crippen LogP contribution >= 0.6 is 0 Å². The molecule has 0 radical (unpaired) electrons. The van der Waals surface area contributed by atoms with E-state index in [0.29, 0.717) is 79.0 Å². The van der Waals surface area contributed by atoms with Gasteiger partial charge < -0.3 is 40.2 Å². The third-order valence-corrected chi connectivity index (χ3v) is 6.47. The van der Waals surface area contributed by atoms with Crippen molar-refractivity contribution in [1.29, 1.82) is 0 Å².